The number of anilines is 1. The van der Waals surface area contributed by atoms with E-state index in [1.165, 1.54) is 5.56 Å². The third kappa shape index (κ3) is 3.43. The van der Waals surface area contributed by atoms with Gasteiger partial charge in [-0.3, -0.25) is 0 Å². The van der Waals surface area contributed by atoms with Gasteiger partial charge >= 0.3 is 0 Å². The molecule has 0 aliphatic carbocycles. The Hall–Kier alpha value is -1.18. The van der Waals surface area contributed by atoms with E-state index in [9.17, 15) is 0 Å². The van der Waals surface area contributed by atoms with Crippen molar-refractivity contribution in [2.24, 2.45) is 0 Å². The monoisotopic (exact) mass is 293 g/mol. The SMILES string of the molecule is CCC(Nc1cc(Cl)c(C)cc1Cl)c1ccccc1. The molecule has 0 aliphatic rings. The highest BCUT2D eigenvalue weighted by Crippen LogP contribution is 2.32. The minimum atomic E-state index is 0.234. The van der Waals surface area contributed by atoms with Crippen molar-refractivity contribution < 1.29 is 0 Å². The summed E-state index contributed by atoms with van der Waals surface area (Å²) in [6.45, 7) is 4.10. The number of aryl methyl sites for hydroxylation is 1. The topological polar surface area (TPSA) is 12.0 Å². The fourth-order valence-corrected chi connectivity index (χ4v) is 2.49. The third-order valence-electron chi connectivity index (χ3n) is 3.19. The smallest absolute Gasteiger partial charge is 0.0641 e. The normalized spacial score (nSPS) is 12.2. The summed E-state index contributed by atoms with van der Waals surface area (Å²) in [4.78, 5) is 0. The first kappa shape index (κ1) is 14.2. The zero-order valence-corrected chi connectivity index (χ0v) is 12.6. The molecule has 0 amide bonds. The van der Waals surface area contributed by atoms with Gasteiger partial charge in [0.25, 0.3) is 0 Å². The molecule has 0 radical (unpaired) electrons. The van der Waals surface area contributed by atoms with Crippen LogP contribution in [0.5, 0.6) is 0 Å². The molecule has 2 aromatic carbocycles. The highest BCUT2D eigenvalue weighted by molar-refractivity contribution is 6.35. The van der Waals surface area contributed by atoms with E-state index in [0.717, 1.165) is 22.7 Å². The quantitative estimate of drug-likeness (QED) is 0.744. The van der Waals surface area contributed by atoms with Gasteiger partial charge in [0, 0.05) is 5.02 Å². The molecule has 100 valence electrons. The van der Waals surface area contributed by atoms with Gasteiger partial charge in [-0.1, -0.05) is 60.5 Å². The summed E-state index contributed by atoms with van der Waals surface area (Å²) >= 11 is 12.4. The van der Waals surface area contributed by atoms with Crippen LogP contribution in [0.25, 0.3) is 0 Å². The molecule has 0 aromatic heterocycles. The lowest BCUT2D eigenvalue weighted by atomic mass is 10.0. The van der Waals surface area contributed by atoms with Crippen molar-refractivity contribution in [2.75, 3.05) is 5.32 Å². The summed E-state index contributed by atoms with van der Waals surface area (Å²) in [5.41, 5.74) is 3.12. The minimum absolute atomic E-state index is 0.234. The molecule has 0 saturated carbocycles. The lowest BCUT2D eigenvalue weighted by Crippen LogP contribution is -2.10. The van der Waals surface area contributed by atoms with Crippen LogP contribution in [-0.4, -0.2) is 0 Å². The summed E-state index contributed by atoms with van der Waals surface area (Å²) in [5, 5.41) is 4.90. The van der Waals surface area contributed by atoms with Gasteiger partial charge in [-0.2, -0.15) is 0 Å². The summed E-state index contributed by atoms with van der Waals surface area (Å²) in [6, 6.07) is 14.4. The van der Waals surface area contributed by atoms with Gasteiger partial charge in [0.15, 0.2) is 0 Å². The maximum absolute atomic E-state index is 6.27. The van der Waals surface area contributed by atoms with Gasteiger partial charge in [0.05, 0.1) is 16.8 Å². The van der Waals surface area contributed by atoms with E-state index < -0.39 is 0 Å². The average molecular weight is 294 g/mol. The number of nitrogens with one attached hydrogen (secondary N) is 1. The van der Waals surface area contributed by atoms with E-state index >= 15 is 0 Å². The van der Waals surface area contributed by atoms with Gasteiger partial charge in [0.2, 0.25) is 0 Å². The third-order valence-corrected chi connectivity index (χ3v) is 3.91. The van der Waals surface area contributed by atoms with Crippen molar-refractivity contribution in [3.63, 3.8) is 0 Å². The lowest BCUT2D eigenvalue weighted by Gasteiger charge is -2.20. The number of hydrogen-bond donors (Lipinski definition) is 1. The first-order chi connectivity index (χ1) is 9.11. The van der Waals surface area contributed by atoms with Crippen LogP contribution in [0.1, 0.15) is 30.5 Å². The summed E-state index contributed by atoms with van der Waals surface area (Å²) < 4.78 is 0. The molecule has 2 rings (SSSR count). The predicted octanol–water partition coefficient (Wildman–Crippen LogP) is 5.87. The number of halogens is 2. The van der Waals surface area contributed by atoms with Crippen LogP contribution in [0, 0.1) is 6.92 Å². The fraction of sp³-hybridized carbons (Fsp3) is 0.250. The number of benzene rings is 2. The Morgan fingerprint density at radius 1 is 1.05 bits per heavy atom. The summed E-state index contributed by atoms with van der Waals surface area (Å²) in [5.74, 6) is 0. The van der Waals surface area contributed by atoms with Crippen LogP contribution in [0.15, 0.2) is 42.5 Å². The zero-order chi connectivity index (χ0) is 13.8. The molecule has 1 N–H and O–H groups in total. The fourth-order valence-electron chi connectivity index (χ4n) is 2.05. The molecule has 0 fully saturated rings. The first-order valence-corrected chi connectivity index (χ1v) is 7.14. The Morgan fingerprint density at radius 2 is 1.74 bits per heavy atom. The van der Waals surface area contributed by atoms with Crippen LogP contribution in [0.2, 0.25) is 10.0 Å². The van der Waals surface area contributed by atoms with Crippen molar-refractivity contribution in [1.29, 1.82) is 0 Å². The predicted molar refractivity (Wildman–Crippen MR) is 84.3 cm³/mol. The Labute approximate surface area is 124 Å². The summed E-state index contributed by atoms with van der Waals surface area (Å²) in [6.07, 6.45) is 0.978. The minimum Gasteiger partial charge on any atom is -0.377 e. The van der Waals surface area contributed by atoms with Gasteiger partial charge in [-0.05, 0) is 36.6 Å². The van der Waals surface area contributed by atoms with Gasteiger partial charge in [-0.25, -0.2) is 0 Å². The Bertz CT molecular complexity index is 552. The van der Waals surface area contributed by atoms with Gasteiger partial charge < -0.3 is 5.32 Å². The summed E-state index contributed by atoms with van der Waals surface area (Å²) in [7, 11) is 0. The van der Waals surface area contributed by atoms with Crippen molar-refractivity contribution >= 4 is 28.9 Å². The molecule has 0 spiro atoms. The zero-order valence-electron chi connectivity index (χ0n) is 11.1. The number of hydrogen-bond acceptors (Lipinski definition) is 1. The largest absolute Gasteiger partial charge is 0.377 e. The Morgan fingerprint density at radius 3 is 2.37 bits per heavy atom. The standard InChI is InChI=1S/C16H17Cl2N/c1-3-15(12-7-5-4-6-8-12)19-16-10-13(17)11(2)9-14(16)18/h4-10,15,19H,3H2,1-2H3. The van der Waals surface area contributed by atoms with Gasteiger partial charge in [-0.15, -0.1) is 0 Å². The lowest BCUT2D eigenvalue weighted by molar-refractivity contribution is 0.749. The molecule has 0 bridgehead atoms. The van der Waals surface area contributed by atoms with Crippen molar-refractivity contribution in [2.45, 2.75) is 26.3 Å². The second-order valence-corrected chi connectivity index (χ2v) is 5.41. The van der Waals surface area contributed by atoms with E-state index in [4.69, 9.17) is 23.2 Å². The molecule has 3 heteroatoms. The highest BCUT2D eigenvalue weighted by atomic mass is 35.5. The molecule has 0 heterocycles. The average Bonchev–Trinajstić information content (AvgIpc) is 2.42. The Balaban J connectivity index is 2.26. The van der Waals surface area contributed by atoms with Crippen LogP contribution in [0.3, 0.4) is 0 Å². The van der Waals surface area contributed by atoms with Crippen molar-refractivity contribution in [3.8, 4) is 0 Å². The van der Waals surface area contributed by atoms with Crippen molar-refractivity contribution in [3.05, 3.63) is 63.6 Å². The molecule has 0 aliphatic heterocycles. The molecule has 1 nitrogen and oxygen atoms in total. The van der Waals surface area contributed by atoms with E-state index in [2.05, 4.69) is 24.4 Å². The molecule has 1 unspecified atom stereocenters. The number of rotatable bonds is 4. The highest BCUT2D eigenvalue weighted by Gasteiger charge is 2.11. The molecule has 19 heavy (non-hydrogen) atoms. The van der Waals surface area contributed by atoms with E-state index in [0.29, 0.717) is 5.02 Å². The molecule has 0 saturated heterocycles. The second kappa shape index (κ2) is 6.31. The second-order valence-electron chi connectivity index (χ2n) is 4.60. The molecular formula is C16H17Cl2N. The Kier molecular flexibility index (Phi) is 4.73. The van der Waals surface area contributed by atoms with Crippen LogP contribution >= 0.6 is 23.2 Å². The van der Waals surface area contributed by atoms with Gasteiger partial charge in [0.1, 0.15) is 0 Å². The van der Waals surface area contributed by atoms with E-state index in [1.807, 2.05) is 37.3 Å². The maximum atomic E-state index is 6.27. The van der Waals surface area contributed by atoms with Crippen molar-refractivity contribution in [1.82, 2.24) is 0 Å². The first-order valence-electron chi connectivity index (χ1n) is 6.39. The molecule has 2 aromatic rings. The van der Waals surface area contributed by atoms with E-state index in [-0.39, 0.29) is 6.04 Å². The van der Waals surface area contributed by atoms with Crippen LogP contribution < -0.4 is 5.32 Å². The molecular weight excluding hydrogens is 277 g/mol. The molecule has 1 atom stereocenters. The van der Waals surface area contributed by atoms with Crippen LogP contribution in [0.4, 0.5) is 5.69 Å². The maximum Gasteiger partial charge on any atom is 0.0641 e. The van der Waals surface area contributed by atoms with Crippen LogP contribution in [-0.2, 0) is 0 Å². The van der Waals surface area contributed by atoms with E-state index in [1.54, 1.807) is 0 Å².